The van der Waals surface area contributed by atoms with Crippen molar-refractivity contribution in [2.75, 3.05) is 6.54 Å². The smallest absolute Gasteiger partial charge is 0.223 e. The summed E-state index contributed by atoms with van der Waals surface area (Å²) < 4.78 is 26.7. The molecule has 2 heterocycles. The number of benzene rings is 1. The second-order valence-electron chi connectivity index (χ2n) is 6.28. The first-order valence-corrected chi connectivity index (χ1v) is 8.47. The molecule has 1 aliphatic rings. The minimum absolute atomic E-state index is 0.0411. The highest BCUT2D eigenvalue weighted by Gasteiger charge is 2.30. The van der Waals surface area contributed by atoms with Crippen LogP contribution < -0.4 is 5.32 Å². The number of likely N-dealkylation sites (tertiary alicyclic amines) is 1. The van der Waals surface area contributed by atoms with Crippen LogP contribution in [0.15, 0.2) is 42.6 Å². The van der Waals surface area contributed by atoms with E-state index in [9.17, 15) is 13.6 Å². The molecule has 3 rings (SSSR count). The second-order valence-corrected chi connectivity index (χ2v) is 6.28. The van der Waals surface area contributed by atoms with Crippen molar-refractivity contribution in [3.63, 3.8) is 0 Å². The molecule has 2 aromatic rings. The summed E-state index contributed by atoms with van der Waals surface area (Å²) in [6.45, 7) is 1.68. The van der Waals surface area contributed by atoms with E-state index < -0.39 is 11.6 Å². The van der Waals surface area contributed by atoms with Crippen molar-refractivity contribution in [2.24, 2.45) is 0 Å². The van der Waals surface area contributed by atoms with Crippen LogP contribution in [0.1, 0.15) is 30.5 Å². The maximum Gasteiger partial charge on any atom is 0.223 e. The number of carbonyl (C=O) groups is 1. The molecule has 25 heavy (non-hydrogen) atoms. The van der Waals surface area contributed by atoms with E-state index in [2.05, 4.69) is 10.3 Å². The molecule has 0 saturated carbocycles. The van der Waals surface area contributed by atoms with Crippen LogP contribution in [0.5, 0.6) is 0 Å². The van der Waals surface area contributed by atoms with Gasteiger partial charge in [-0.1, -0.05) is 6.07 Å². The van der Waals surface area contributed by atoms with E-state index in [0.29, 0.717) is 18.5 Å². The summed E-state index contributed by atoms with van der Waals surface area (Å²) in [5, 5.41) is 3.33. The Balaban J connectivity index is 1.52. The predicted octanol–water partition coefficient (Wildman–Crippen LogP) is 3.03. The van der Waals surface area contributed by atoms with Crippen LogP contribution in [0.25, 0.3) is 0 Å². The average molecular weight is 345 g/mol. The fourth-order valence-corrected chi connectivity index (χ4v) is 3.20. The van der Waals surface area contributed by atoms with Crippen LogP contribution in [0.4, 0.5) is 8.78 Å². The zero-order valence-corrected chi connectivity index (χ0v) is 13.9. The minimum Gasteiger partial charge on any atom is -0.335 e. The molecule has 0 bridgehead atoms. The SMILES string of the molecule is O=C1CCC(CCNCc2ccccn2)N1Cc1cc(F)cc(F)c1. The molecule has 1 unspecified atom stereocenters. The molecule has 0 spiro atoms. The van der Waals surface area contributed by atoms with Crippen LogP contribution in [0.3, 0.4) is 0 Å². The number of nitrogens with zero attached hydrogens (tertiary/aromatic N) is 2. The van der Waals surface area contributed by atoms with Crippen LogP contribution in [-0.2, 0) is 17.9 Å². The fraction of sp³-hybridized carbons (Fsp3) is 0.368. The molecule has 1 N–H and O–H groups in total. The number of halogens is 2. The third kappa shape index (κ3) is 4.82. The van der Waals surface area contributed by atoms with E-state index in [4.69, 9.17) is 0 Å². The standard InChI is InChI=1S/C19H21F2N3O/c20-15-9-14(10-16(21)11-15)13-24-18(4-5-19(24)25)6-8-22-12-17-3-1-2-7-23-17/h1-3,7,9-11,18,22H,4-6,8,12-13H2. The Kier molecular flexibility index (Phi) is 5.71. The zero-order chi connectivity index (χ0) is 17.6. The Morgan fingerprint density at radius 2 is 2.00 bits per heavy atom. The third-order valence-electron chi connectivity index (χ3n) is 4.41. The van der Waals surface area contributed by atoms with E-state index in [1.165, 1.54) is 12.1 Å². The first-order chi connectivity index (χ1) is 12.1. The number of rotatable bonds is 7. The Labute approximate surface area is 145 Å². The fourth-order valence-electron chi connectivity index (χ4n) is 3.20. The number of hydrogen-bond acceptors (Lipinski definition) is 3. The Bertz CT molecular complexity index is 704. The van der Waals surface area contributed by atoms with Crippen LogP contribution in [0, 0.1) is 11.6 Å². The number of nitrogens with one attached hydrogen (secondary N) is 1. The molecule has 1 saturated heterocycles. The van der Waals surface area contributed by atoms with Crippen LogP contribution in [-0.4, -0.2) is 28.4 Å². The van der Waals surface area contributed by atoms with E-state index in [-0.39, 0.29) is 18.5 Å². The molecule has 6 heteroatoms. The molecular formula is C19H21F2N3O. The van der Waals surface area contributed by atoms with E-state index >= 15 is 0 Å². The summed E-state index contributed by atoms with van der Waals surface area (Å²) in [4.78, 5) is 18.1. The highest BCUT2D eigenvalue weighted by Crippen LogP contribution is 2.24. The molecule has 1 aromatic carbocycles. The predicted molar refractivity (Wildman–Crippen MR) is 90.5 cm³/mol. The number of pyridine rings is 1. The Hall–Kier alpha value is -2.34. The molecule has 0 aliphatic carbocycles. The average Bonchev–Trinajstić information content (AvgIpc) is 2.92. The Morgan fingerprint density at radius 1 is 1.20 bits per heavy atom. The van der Waals surface area contributed by atoms with Crippen molar-refractivity contribution < 1.29 is 13.6 Å². The van der Waals surface area contributed by atoms with Gasteiger partial charge in [0.05, 0.1) is 5.69 Å². The van der Waals surface area contributed by atoms with Gasteiger partial charge in [-0.25, -0.2) is 8.78 Å². The maximum absolute atomic E-state index is 13.3. The molecule has 4 nitrogen and oxygen atoms in total. The summed E-state index contributed by atoms with van der Waals surface area (Å²) in [7, 11) is 0. The lowest BCUT2D eigenvalue weighted by Gasteiger charge is -2.25. The molecular weight excluding hydrogens is 324 g/mol. The number of hydrogen-bond donors (Lipinski definition) is 1. The Morgan fingerprint density at radius 3 is 2.72 bits per heavy atom. The summed E-state index contributed by atoms with van der Waals surface area (Å²) in [6.07, 6.45) is 3.83. The van der Waals surface area contributed by atoms with Gasteiger partial charge in [-0.15, -0.1) is 0 Å². The van der Waals surface area contributed by atoms with Crippen molar-refractivity contribution in [2.45, 2.75) is 38.4 Å². The molecule has 1 aromatic heterocycles. The van der Waals surface area contributed by atoms with Gasteiger partial charge >= 0.3 is 0 Å². The summed E-state index contributed by atoms with van der Waals surface area (Å²) >= 11 is 0. The number of amides is 1. The van der Waals surface area contributed by atoms with E-state index in [1.807, 2.05) is 18.2 Å². The molecule has 1 fully saturated rings. The van der Waals surface area contributed by atoms with Crippen molar-refractivity contribution in [1.29, 1.82) is 0 Å². The van der Waals surface area contributed by atoms with Crippen LogP contribution in [0.2, 0.25) is 0 Å². The van der Waals surface area contributed by atoms with Gasteiger partial charge in [0.2, 0.25) is 5.91 Å². The topological polar surface area (TPSA) is 45.2 Å². The van der Waals surface area contributed by atoms with Crippen molar-refractivity contribution in [1.82, 2.24) is 15.2 Å². The van der Waals surface area contributed by atoms with Gasteiger partial charge in [-0.05, 0) is 49.2 Å². The van der Waals surface area contributed by atoms with E-state index in [0.717, 1.165) is 31.1 Å². The molecule has 1 amide bonds. The van der Waals surface area contributed by atoms with Gasteiger partial charge in [-0.3, -0.25) is 9.78 Å². The van der Waals surface area contributed by atoms with Gasteiger partial charge in [-0.2, -0.15) is 0 Å². The van der Waals surface area contributed by atoms with Crippen molar-refractivity contribution in [3.05, 3.63) is 65.5 Å². The molecule has 1 aliphatic heterocycles. The molecule has 1 atom stereocenters. The molecule has 132 valence electrons. The maximum atomic E-state index is 13.3. The van der Waals surface area contributed by atoms with Gasteiger partial charge in [0.25, 0.3) is 0 Å². The normalized spacial score (nSPS) is 17.3. The van der Waals surface area contributed by atoms with Crippen molar-refractivity contribution >= 4 is 5.91 Å². The van der Waals surface area contributed by atoms with E-state index in [1.54, 1.807) is 11.1 Å². The highest BCUT2D eigenvalue weighted by atomic mass is 19.1. The molecule has 0 radical (unpaired) electrons. The first kappa shape index (κ1) is 17.5. The van der Waals surface area contributed by atoms with Gasteiger partial charge in [0.1, 0.15) is 11.6 Å². The summed E-state index contributed by atoms with van der Waals surface area (Å²) in [5.74, 6) is -1.19. The lowest BCUT2D eigenvalue weighted by Crippen LogP contribution is -2.34. The first-order valence-electron chi connectivity index (χ1n) is 8.47. The van der Waals surface area contributed by atoms with Gasteiger partial charge < -0.3 is 10.2 Å². The lowest BCUT2D eigenvalue weighted by atomic mass is 10.1. The monoisotopic (exact) mass is 345 g/mol. The second kappa shape index (κ2) is 8.16. The quantitative estimate of drug-likeness (QED) is 0.785. The number of carbonyl (C=O) groups excluding carboxylic acids is 1. The third-order valence-corrected chi connectivity index (χ3v) is 4.41. The highest BCUT2D eigenvalue weighted by molar-refractivity contribution is 5.78. The zero-order valence-electron chi connectivity index (χ0n) is 13.9. The lowest BCUT2D eigenvalue weighted by molar-refractivity contribution is -0.129. The summed E-state index contributed by atoms with van der Waals surface area (Å²) in [6, 6.07) is 9.27. The van der Waals surface area contributed by atoms with Gasteiger partial charge in [0.15, 0.2) is 0 Å². The van der Waals surface area contributed by atoms with Crippen molar-refractivity contribution in [3.8, 4) is 0 Å². The summed E-state index contributed by atoms with van der Waals surface area (Å²) in [5.41, 5.74) is 1.45. The largest absolute Gasteiger partial charge is 0.335 e. The van der Waals surface area contributed by atoms with Gasteiger partial charge in [0, 0.05) is 37.8 Å². The van der Waals surface area contributed by atoms with Crippen LogP contribution >= 0.6 is 0 Å². The minimum atomic E-state index is -0.616. The number of aromatic nitrogens is 1.